The van der Waals surface area contributed by atoms with Crippen molar-refractivity contribution in [3.8, 4) is 11.5 Å². The molecule has 1 aromatic carbocycles. The van der Waals surface area contributed by atoms with Gasteiger partial charge in [0.2, 0.25) is 0 Å². The minimum absolute atomic E-state index is 0.825. The van der Waals surface area contributed by atoms with Crippen molar-refractivity contribution in [1.82, 2.24) is 0 Å². The highest BCUT2D eigenvalue weighted by atomic mass is 16.5. The van der Waals surface area contributed by atoms with E-state index in [1.807, 2.05) is 18.2 Å². The smallest absolute Gasteiger partial charge is 0.123 e. The first-order chi connectivity index (χ1) is 7.30. The molecule has 15 heavy (non-hydrogen) atoms. The van der Waals surface area contributed by atoms with Crippen LogP contribution in [-0.4, -0.2) is 14.2 Å². The maximum Gasteiger partial charge on any atom is 0.123 e. The minimum atomic E-state index is 0.825. The molecule has 0 unspecified atom stereocenters. The van der Waals surface area contributed by atoms with Crippen LogP contribution in [0.4, 0.5) is 0 Å². The van der Waals surface area contributed by atoms with E-state index >= 15 is 0 Å². The molecule has 0 saturated heterocycles. The number of hydrogen-bond acceptors (Lipinski definition) is 2. The molecule has 82 valence electrons. The molecule has 0 N–H and O–H groups in total. The summed E-state index contributed by atoms with van der Waals surface area (Å²) in [6.45, 7) is 2.16. The molecule has 0 heterocycles. The lowest BCUT2D eigenvalue weighted by Gasteiger charge is -2.05. The molecule has 0 aliphatic heterocycles. The van der Waals surface area contributed by atoms with E-state index in [0.29, 0.717) is 0 Å². The van der Waals surface area contributed by atoms with Gasteiger partial charge >= 0.3 is 0 Å². The maximum atomic E-state index is 5.19. The van der Waals surface area contributed by atoms with Gasteiger partial charge in [-0.25, -0.2) is 0 Å². The van der Waals surface area contributed by atoms with Crippen molar-refractivity contribution in [3.63, 3.8) is 0 Å². The number of rotatable bonds is 5. The number of ether oxygens (including phenoxy) is 2. The molecule has 1 aromatic rings. The molecule has 0 aliphatic carbocycles. The van der Waals surface area contributed by atoms with E-state index < -0.39 is 0 Å². The van der Waals surface area contributed by atoms with Crippen molar-refractivity contribution in [2.24, 2.45) is 0 Å². The maximum absolute atomic E-state index is 5.19. The lowest BCUT2D eigenvalue weighted by atomic mass is 10.1. The van der Waals surface area contributed by atoms with Gasteiger partial charge in [-0.15, -0.1) is 0 Å². The van der Waals surface area contributed by atoms with Crippen LogP contribution in [0.5, 0.6) is 11.5 Å². The first-order valence-corrected chi connectivity index (χ1v) is 5.19. The molecule has 0 fully saturated rings. The predicted molar refractivity (Wildman–Crippen MR) is 63.5 cm³/mol. The van der Waals surface area contributed by atoms with Crippen LogP contribution in [0.25, 0.3) is 6.08 Å². The van der Waals surface area contributed by atoms with Gasteiger partial charge in [0.15, 0.2) is 0 Å². The van der Waals surface area contributed by atoms with Crippen molar-refractivity contribution < 1.29 is 9.47 Å². The summed E-state index contributed by atoms with van der Waals surface area (Å²) < 4.78 is 10.4. The Morgan fingerprint density at radius 3 is 2.13 bits per heavy atom. The Hall–Kier alpha value is -1.44. The fourth-order valence-electron chi connectivity index (χ4n) is 1.31. The monoisotopic (exact) mass is 206 g/mol. The third-order valence-electron chi connectivity index (χ3n) is 2.14. The molecule has 0 aromatic heterocycles. The van der Waals surface area contributed by atoms with E-state index in [2.05, 4.69) is 19.1 Å². The number of unbranched alkanes of at least 4 members (excludes halogenated alkanes) is 1. The topological polar surface area (TPSA) is 18.5 Å². The van der Waals surface area contributed by atoms with Crippen molar-refractivity contribution in [2.75, 3.05) is 14.2 Å². The third-order valence-corrected chi connectivity index (χ3v) is 2.14. The molecule has 0 saturated carbocycles. The number of methoxy groups -OCH3 is 2. The Morgan fingerprint density at radius 2 is 1.67 bits per heavy atom. The molecule has 2 heteroatoms. The van der Waals surface area contributed by atoms with Crippen molar-refractivity contribution in [3.05, 3.63) is 29.8 Å². The molecule has 0 spiro atoms. The second-order valence-corrected chi connectivity index (χ2v) is 3.34. The summed E-state index contributed by atoms with van der Waals surface area (Å²) in [4.78, 5) is 0. The summed E-state index contributed by atoms with van der Waals surface area (Å²) >= 11 is 0. The zero-order valence-electron chi connectivity index (χ0n) is 9.62. The molecular weight excluding hydrogens is 188 g/mol. The molecule has 2 nitrogen and oxygen atoms in total. The molecule has 0 amide bonds. The Bertz CT molecular complexity index is 307. The quantitative estimate of drug-likeness (QED) is 0.734. The van der Waals surface area contributed by atoms with Crippen molar-refractivity contribution in [2.45, 2.75) is 19.8 Å². The van der Waals surface area contributed by atoms with E-state index in [-0.39, 0.29) is 0 Å². The lowest BCUT2D eigenvalue weighted by molar-refractivity contribution is 0.394. The molecule has 0 bridgehead atoms. The summed E-state index contributed by atoms with van der Waals surface area (Å²) in [7, 11) is 3.32. The lowest BCUT2D eigenvalue weighted by Crippen LogP contribution is -1.88. The van der Waals surface area contributed by atoms with Gasteiger partial charge in [-0.1, -0.05) is 25.5 Å². The van der Waals surface area contributed by atoms with E-state index in [9.17, 15) is 0 Å². The van der Waals surface area contributed by atoms with Gasteiger partial charge in [0.05, 0.1) is 14.2 Å². The van der Waals surface area contributed by atoms with Gasteiger partial charge in [-0.2, -0.15) is 0 Å². The Balaban J connectivity index is 2.86. The SMILES string of the molecule is CCC/C=C\c1cc(OC)cc(OC)c1. The standard InChI is InChI=1S/C13H18O2/c1-4-5-6-7-11-8-12(14-2)10-13(9-11)15-3/h6-10H,4-5H2,1-3H3/b7-6-. The average molecular weight is 206 g/mol. The van der Waals surface area contributed by atoms with Gasteiger partial charge < -0.3 is 9.47 Å². The summed E-state index contributed by atoms with van der Waals surface area (Å²) in [5.74, 6) is 1.65. The normalized spacial score (nSPS) is 10.6. The summed E-state index contributed by atoms with van der Waals surface area (Å²) in [5, 5.41) is 0. The second-order valence-electron chi connectivity index (χ2n) is 3.34. The predicted octanol–water partition coefficient (Wildman–Crippen LogP) is 3.52. The molecule has 1 rings (SSSR count). The van der Waals surface area contributed by atoms with Crippen LogP contribution < -0.4 is 9.47 Å². The van der Waals surface area contributed by atoms with E-state index in [1.54, 1.807) is 14.2 Å². The summed E-state index contributed by atoms with van der Waals surface area (Å²) in [5.41, 5.74) is 1.11. The number of hydrogen-bond donors (Lipinski definition) is 0. The van der Waals surface area contributed by atoms with Gasteiger partial charge in [-0.05, 0) is 24.1 Å². The Labute approximate surface area is 91.5 Å². The fraction of sp³-hybridized carbons (Fsp3) is 0.385. The van der Waals surface area contributed by atoms with Gasteiger partial charge in [0.25, 0.3) is 0 Å². The van der Waals surface area contributed by atoms with Crippen molar-refractivity contribution >= 4 is 6.08 Å². The zero-order valence-corrected chi connectivity index (χ0v) is 9.62. The minimum Gasteiger partial charge on any atom is -0.497 e. The summed E-state index contributed by atoms with van der Waals surface area (Å²) in [6.07, 6.45) is 6.51. The van der Waals surface area contributed by atoms with Crippen LogP contribution in [0.1, 0.15) is 25.3 Å². The highest BCUT2D eigenvalue weighted by Crippen LogP contribution is 2.23. The zero-order chi connectivity index (χ0) is 11.1. The average Bonchev–Trinajstić information content (AvgIpc) is 2.29. The van der Waals surface area contributed by atoms with Gasteiger partial charge in [-0.3, -0.25) is 0 Å². The number of allylic oxidation sites excluding steroid dienone is 1. The van der Waals surface area contributed by atoms with Crippen LogP contribution in [0.3, 0.4) is 0 Å². The van der Waals surface area contributed by atoms with Gasteiger partial charge in [0.1, 0.15) is 11.5 Å². The van der Waals surface area contributed by atoms with E-state index in [0.717, 1.165) is 29.9 Å². The number of benzene rings is 1. The highest BCUT2D eigenvalue weighted by Gasteiger charge is 1.98. The molecule has 0 aliphatic rings. The Morgan fingerprint density at radius 1 is 1.07 bits per heavy atom. The largest absolute Gasteiger partial charge is 0.497 e. The van der Waals surface area contributed by atoms with Crippen LogP contribution in [-0.2, 0) is 0 Å². The van der Waals surface area contributed by atoms with Crippen LogP contribution >= 0.6 is 0 Å². The highest BCUT2D eigenvalue weighted by molar-refractivity contribution is 5.55. The van der Waals surface area contributed by atoms with Crippen molar-refractivity contribution in [1.29, 1.82) is 0 Å². The van der Waals surface area contributed by atoms with E-state index in [4.69, 9.17) is 9.47 Å². The first kappa shape index (κ1) is 11.6. The van der Waals surface area contributed by atoms with Gasteiger partial charge in [0, 0.05) is 6.07 Å². The molecular formula is C13H18O2. The van der Waals surface area contributed by atoms with Crippen LogP contribution in [0.15, 0.2) is 24.3 Å². The van der Waals surface area contributed by atoms with Crippen LogP contribution in [0, 0.1) is 0 Å². The molecule has 0 radical (unpaired) electrons. The fourth-order valence-corrected chi connectivity index (χ4v) is 1.31. The first-order valence-electron chi connectivity index (χ1n) is 5.19. The molecule has 0 atom stereocenters. The Kier molecular flexibility index (Phi) is 4.75. The third kappa shape index (κ3) is 3.66. The summed E-state index contributed by atoms with van der Waals surface area (Å²) in [6, 6.07) is 5.86. The second kappa shape index (κ2) is 6.12. The van der Waals surface area contributed by atoms with E-state index in [1.165, 1.54) is 0 Å². The van der Waals surface area contributed by atoms with Crippen LogP contribution in [0.2, 0.25) is 0 Å².